The SMILES string of the molecule is CO[C@H]1CN(C(=O)Cn2c(C)cc(=O)c3ccccc32)C[C@H]1Cc1cc(C)no1. The van der Waals surface area contributed by atoms with Crippen LogP contribution in [0.1, 0.15) is 17.1 Å². The molecule has 1 fully saturated rings. The predicted molar refractivity (Wildman–Crippen MR) is 109 cm³/mol. The molecule has 2 aromatic heterocycles. The maximum absolute atomic E-state index is 13.1. The van der Waals surface area contributed by atoms with Crippen molar-refractivity contribution >= 4 is 16.8 Å². The number of para-hydroxylation sites is 1. The second kappa shape index (κ2) is 7.83. The molecule has 2 atom stereocenters. The van der Waals surface area contributed by atoms with Crippen LogP contribution in [0.3, 0.4) is 0 Å². The molecule has 0 unspecified atom stereocenters. The molecule has 0 bridgehead atoms. The molecule has 0 spiro atoms. The smallest absolute Gasteiger partial charge is 0.242 e. The van der Waals surface area contributed by atoms with E-state index in [1.807, 2.05) is 47.6 Å². The number of nitrogens with zero attached hydrogens (tertiary/aromatic N) is 3. The van der Waals surface area contributed by atoms with Gasteiger partial charge in [-0.2, -0.15) is 0 Å². The van der Waals surface area contributed by atoms with Crippen molar-refractivity contribution in [1.29, 1.82) is 0 Å². The molecule has 7 nitrogen and oxygen atoms in total. The summed E-state index contributed by atoms with van der Waals surface area (Å²) in [6.45, 7) is 5.09. The van der Waals surface area contributed by atoms with Crippen LogP contribution < -0.4 is 5.43 Å². The summed E-state index contributed by atoms with van der Waals surface area (Å²) in [4.78, 5) is 27.2. The average molecular weight is 395 g/mol. The van der Waals surface area contributed by atoms with E-state index in [-0.39, 0.29) is 29.9 Å². The highest BCUT2D eigenvalue weighted by atomic mass is 16.5. The van der Waals surface area contributed by atoms with Crippen LogP contribution in [0.4, 0.5) is 0 Å². The zero-order valence-electron chi connectivity index (χ0n) is 16.9. The number of fused-ring (bicyclic) bond motifs is 1. The number of benzene rings is 1. The number of aromatic nitrogens is 2. The first-order valence-corrected chi connectivity index (χ1v) is 9.78. The van der Waals surface area contributed by atoms with E-state index in [0.29, 0.717) is 24.9 Å². The Hall–Kier alpha value is -2.93. The topological polar surface area (TPSA) is 77.6 Å². The zero-order valence-corrected chi connectivity index (χ0v) is 16.9. The van der Waals surface area contributed by atoms with Crippen molar-refractivity contribution in [2.75, 3.05) is 20.2 Å². The molecule has 0 N–H and O–H groups in total. The van der Waals surface area contributed by atoms with Gasteiger partial charge in [-0.3, -0.25) is 9.59 Å². The Bertz CT molecular complexity index is 1100. The molecule has 152 valence electrons. The van der Waals surface area contributed by atoms with Crippen LogP contribution in [-0.2, 0) is 22.5 Å². The van der Waals surface area contributed by atoms with Gasteiger partial charge < -0.3 is 18.7 Å². The third-order valence-corrected chi connectivity index (χ3v) is 5.70. The molecule has 29 heavy (non-hydrogen) atoms. The van der Waals surface area contributed by atoms with E-state index >= 15 is 0 Å². The predicted octanol–water partition coefficient (Wildman–Crippen LogP) is 2.32. The molecule has 1 amide bonds. The van der Waals surface area contributed by atoms with Gasteiger partial charge in [0.05, 0.1) is 17.3 Å². The van der Waals surface area contributed by atoms with Crippen molar-refractivity contribution in [3.63, 3.8) is 0 Å². The quantitative estimate of drug-likeness (QED) is 0.663. The number of aryl methyl sites for hydroxylation is 2. The van der Waals surface area contributed by atoms with Crippen LogP contribution in [0.25, 0.3) is 10.9 Å². The number of amides is 1. The number of carbonyl (C=O) groups is 1. The lowest BCUT2D eigenvalue weighted by Gasteiger charge is -2.20. The van der Waals surface area contributed by atoms with Gasteiger partial charge in [-0.15, -0.1) is 0 Å². The summed E-state index contributed by atoms with van der Waals surface area (Å²) in [5, 5.41) is 4.57. The maximum atomic E-state index is 13.1. The fourth-order valence-corrected chi connectivity index (χ4v) is 4.18. The third kappa shape index (κ3) is 3.82. The van der Waals surface area contributed by atoms with E-state index in [1.54, 1.807) is 19.2 Å². The largest absolute Gasteiger partial charge is 0.379 e. The van der Waals surface area contributed by atoms with Crippen LogP contribution >= 0.6 is 0 Å². The zero-order chi connectivity index (χ0) is 20.5. The first-order valence-electron chi connectivity index (χ1n) is 9.78. The van der Waals surface area contributed by atoms with E-state index in [2.05, 4.69) is 5.16 Å². The van der Waals surface area contributed by atoms with Crippen molar-refractivity contribution in [3.8, 4) is 0 Å². The molecule has 1 saturated heterocycles. The molecule has 3 heterocycles. The highest BCUT2D eigenvalue weighted by Gasteiger charge is 2.36. The lowest BCUT2D eigenvalue weighted by Crippen LogP contribution is -2.33. The van der Waals surface area contributed by atoms with E-state index in [1.165, 1.54) is 0 Å². The van der Waals surface area contributed by atoms with Crippen molar-refractivity contribution in [3.05, 3.63) is 63.8 Å². The van der Waals surface area contributed by atoms with Gasteiger partial charge in [0.2, 0.25) is 5.91 Å². The molecule has 1 aliphatic rings. The molecule has 4 rings (SSSR count). The summed E-state index contributed by atoms with van der Waals surface area (Å²) in [6, 6.07) is 10.9. The first kappa shape index (κ1) is 19.4. The number of likely N-dealkylation sites (tertiary alicyclic amines) is 1. The Kier molecular flexibility index (Phi) is 5.24. The van der Waals surface area contributed by atoms with E-state index in [9.17, 15) is 9.59 Å². The lowest BCUT2D eigenvalue weighted by atomic mass is 10.0. The number of hydrogen-bond acceptors (Lipinski definition) is 5. The van der Waals surface area contributed by atoms with Gasteiger partial charge >= 0.3 is 0 Å². The Labute approximate surface area is 168 Å². The fraction of sp³-hybridized carbons (Fsp3) is 0.409. The molecule has 7 heteroatoms. The Morgan fingerprint density at radius 2 is 2.03 bits per heavy atom. The fourth-order valence-electron chi connectivity index (χ4n) is 4.18. The summed E-state index contributed by atoms with van der Waals surface area (Å²) < 4.78 is 12.9. The number of rotatable bonds is 5. The Morgan fingerprint density at radius 1 is 1.24 bits per heavy atom. The van der Waals surface area contributed by atoms with Crippen LogP contribution in [0, 0.1) is 19.8 Å². The number of pyridine rings is 1. The van der Waals surface area contributed by atoms with Gasteiger partial charge in [-0.1, -0.05) is 17.3 Å². The number of methoxy groups -OCH3 is 1. The Morgan fingerprint density at radius 3 is 2.76 bits per heavy atom. The Balaban J connectivity index is 1.53. The van der Waals surface area contributed by atoms with E-state index in [4.69, 9.17) is 9.26 Å². The van der Waals surface area contributed by atoms with Crippen LogP contribution in [0.15, 0.2) is 45.7 Å². The van der Waals surface area contributed by atoms with Gasteiger partial charge in [0.25, 0.3) is 0 Å². The molecule has 1 aromatic carbocycles. The third-order valence-electron chi connectivity index (χ3n) is 5.70. The summed E-state index contributed by atoms with van der Waals surface area (Å²) in [5.41, 5.74) is 2.38. The first-order chi connectivity index (χ1) is 14.0. The number of carbonyl (C=O) groups excluding carboxylic acids is 1. The van der Waals surface area contributed by atoms with Gasteiger partial charge in [-0.05, 0) is 26.0 Å². The molecular formula is C22H25N3O4. The minimum Gasteiger partial charge on any atom is -0.379 e. The highest BCUT2D eigenvalue weighted by molar-refractivity contribution is 5.83. The summed E-state index contributed by atoms with van der Waals surface area (Å²) in [7, 11) is 1.68. The molecule has 0 saturated carbocycles. The van der Waals surface area contributed by atoms with Crippen LogP contribution in [0.5, 0.6) is 0 Å². The normalized spacial score (nSPS) is 19.2. The summed E-state index contributed by atoms with van der Waals surface area (Å²) >= 11 is 0. The monoisotopic (exact) mass is 395 g/mol. The van der Waals surface area contributed by atoms with Gasteiger partial charge in [-0.25, -0.2) is 0 Å². The molecular weight excluding hydrogens is 370 g/mol. The second-order valence-corrected chi connectivity index (χ2v) is 7.72. The van der Waals surface area contributed by atoms with Crippen molar-refractivity contribution in [2.24, 2.45) is 5.92 Å². The van der Waals surface area contributed by atoms with Gasteiger partial charge in [0, 0.05) is 55.8 Å². The van der Waals surface area contributed by atoms with Crippen molar-refractivity contribution < 1.29 is 14.1 Å². The maximum Gasteiger partial charge on any atom is 0.242 e. The molecule has 1 aliphatic heterocycles. The highest BCUT2D eigenvalue weighted by Crippen LogP contribution is 2.25. The molecule has 0 aliphatic carbocycles. The molecule has 0 radical (unpaired) electrons. The van der Waals surface area contributed by atoms with E-state index < -0.39 is 0 Å². The minimum absolute atomic E-state index is 0.0141. The van der Waals surface area contributed by atoms with Crippen LogP contribution in [-0.4, -0.2) is 46.8 Å². The van der Waals surface area contributed by atoms with Gasteiger partial charge in [0.15, 0.2) is 5.43 Å². The van der Waals surface area contributed by atoms with E-state index in [0.717, 1.165) is 22.7 Å². The second-order valence-electron chi connectivity index (χ2n) is 7.72. The lowest BCUT2D eigenvalue weighted by molar-refractivity contribution is -0.131. The minimum atomic E-state index is -0.0452. The van der Waals surface area contributed by atoms with Crippen molar-refractivity contribution in [2.45, 2.75) is 32.9 Å². The standard InChI is InChI=1S/C22H25N3O4/c1-14-8-17(29-23-14)10-16-11-24(12-21(16)28-3)22(27)13-25-15(2)9-20(26)18-6-4-5-7-19(18)25/h4-9,16,21H,10-13H2,1-3H3/t16-,21+/m1/s1. The number of hydrogen-bond donors (Lipinski definition) is 0. The summed E-state index contributed by atoms with van der Waals surface area (Å²) in [5.74, 6) is 0.981. The van der Waals surface area contributed by atoms with Gasteiger partial charge in [0.1, 0.15) is 12.3 Å². The summed E-state index contributed by atoms with van der Waals surface area (Å²) in [6.07, 6.45) is 0.638. The molecule has 3 aromatic rings. The average Bonchev–Trinajstić information content (AvgIpc) is 3.31. The number of ether oxygens (including phenoxy) is 1. The van der Waals surface area contributed by atoms with Crippen LogP contribution in [0.2, 0.25) is 0 Å². The van der Waals surface area contributed by atoms with Crippen molar-refractivity contribution in [1.82, 2.24) is 14.6 Å².